The Hall–Kier alpha value is -2.01. The standard InChI is InChI=1S/C14H16N2O2S/c1-10-8-19-9-11(10)6-16-14(17)7-18-13-4-2-3-12(15)5-13/h2-5,8-9H,6-7,15H2,1H3,(H,16,17). The minimum Gasteiger partial charge on any atom is -0.484 e. The Kier molecular flexibility index (Phi) is 4.41. The number of aryl methyl sites for hydroxylation is 1. The number of thiophene rings is 1. The lowest BCUT2D eigenvalue weighted by molar-refractivity contribution is -0.123. The van der Waals surface area contributed by atoms with Crippen molar-refractivity contribution in [3.63, 3.8) is 0 Å². The molecule has 19 heavy (non-hydrogen) atoms. The topological polar surface area (TPSA) is 64.3 Å². The van der Waals surface area contributed by atoms with Gasteiger partial charge in [-0.25, -0.2) is 0 Å². The smallest absolute Gasteiger partial charge is 0.258 e. The second kappa shape index (κ2) is 6.24. The molecule has 1 heterocycles. The molecule has 0 aliphatic rings. The van der Waals surface area contributed by atoms with E-state index in [0.717, 1.165) is 5.56 Å². The number of benzene rings is 1. The Morgan fingerprint density at radius 2 is 2.26 bits per heavy atom. The van der Waals surface area contributed by atoms with Gasteiger partial charge in [0.05, 0.1) is 0 Å². The SMILES string of the molecule is Cc1cscc1CNC(=O)COc1cccc(N)c1. The van der Waals surface area contributed by atoms with Crippen LogP contribution < -0.4 is 15.8 Å². The number of amides is 1. The van der Waals surface area contributed by atoms with E-state index in [4.69, 9.17) is 10.5 Å². The molecule has 4 nitrogen and oxygen atoms in total. The third-order valence-electron chi connectivity index (χ3n) is 2.67. The molecule has 0 radical (unpaired) electrons. The van der Waals surface area contributed by atoms with E-state index in [2.05, 4.69) is 10.7 Å². The van der Waals surface area contributed by atoms with E-state index in [9.17, 15) is 4.79 Å². The first-order valence-corrected chi connectivity index (χ1v) is 6.86. The van der Waals surface area contributed by atoms with E-state index < -0.39 is 0 Å². The van der Waals surface area contributed by atoms with Crippen LogP contribution in [0.2, 0.25) is 0 Å². The summed E-state index contributed by atoms with van der Waals surface area (Å²) < 4.78 is 5.36. The van der Waals surface area contributed by atoms with Crippen molar-refractivity contribution in [2.24, 2.45) is 0 Å². The molecule has 0 fully saturated rings. The predicted octanol–water partition coefficient (Wildman–Crippen LogP) is 2.33. The van der Waals surface area contributed by atoms with Gasteiger partial charge in [0, 0.05) is 18.3 Å². The van der Waals surface area contributed by atoms with E-state index in [1.54, 1.807) is 35.6 Å². The van der Waals surface area contributed by atoms with Crippen LogP contribution in [0.1, 0.15) is 11.1 Å². The van der Waals surface area contributed by atoms with Crippen LogP contribution in [0.15, 0.2) is 35.0 Å². The second-order valence-electron chi connectivity index (χ2n) is 4.22. The lowest BCUT2D eigenvalue weighted by atomic mass is 10.2. The van der Waals surface area contributed by atoms with Gasteiger partial charge >= 0.3 is 0 Å². The number of carbonyl (C=O) groups is 1. The molecular weight excluding hydrogens is 260 g/mol. The van der Waals surface area contributed by atoms with E-state index in [1.807, 2.05) is 12.3 Å². The van der Waals surface area contributed by atoms with Gasteiger partial charge < -0.3 is 15.8 Å². The fourth-order valence-electron chi connectivity index (χ4n) is 1.57. The predicted molar refractivity (Wildman–Crippen MR) is 77.3 cm³/mol. The quantitative estimate of drug-likeness (QED) is 0.824. The molecule has 0 spiro atoms. The van der Waals surface area contributed by atoms with Crippen molar-refractivity contribution in [1.82, 2.24) is 5.32 Å². The average molecular weight is 276 g/mol. The molecule has 0 aliphatic carbocycles. The molecule has 5 heteroatoms. The zero-order chi connectivity index (χ0) is 13.7. The second-order valence-corrected chi connectivity index (χ2v) is 4.96. The largest absolute Gasteiger partial charge is 0.484 e. The summed E-state index contributed by atoms with van der Waals surface area (Å²) in [4.78, 5) is 11.6. The van der Waals surface area contributed by atoms with Gasteiger partial charge in [-0.15, -0.1) is 0 Å². The Morgan fingerprint density at radius 1 is 1.42 bits per heavy atom. The Labute approximate surface area is 116 Å². The molecule has 0 bridgehead atoms. The third-order valence-corrected chi connectivity index (χ3v) is 3.58. The maximum absolute atomic E-state index is 11.6. The summed E-state index contributed by atoms with van der Waals surface area (Å²) in [5.74, 6) is 0.454. The van der Waals surface area contributed by atoms with Crippen LogP contribution >= 0.6 is 11.3 Å². The fraction of sp³-hybridized carbons (Fsp3) is 0.214. The minimum absolute atomic E-state index is 0.00730. The van der Waals surface area contributed by atoms with Crippen molar-refractivity contribution in [3.05, 3.63) is 46.2 Å². The van der Waals surface area contributed by atoms with Gasteiger partial charge in [-0.2, -0.15) is 11.3 Å². The van der Waals surface area contributed by atoms with Crippen molar-refractivity contribution < 1.29 is 9.53 Å². The average Bonchev–Trinajstić information content (AvgIpc) is 2.80. The first kappa shape index (κ1) is 13.4. The van der Waals surface area contributed by atoms with Gasteiger partial charge in [-0.05, 0) is 40.9 Å². The highest BCUT2D eigenvalue weighted by Crippen LogP contribution is 2.14. The first-order chi connectivity index (χ1) is 9.15. The number of rotatable bonds is 5. The molecule has 0 aliphatic heterocycles. The third kappa shape index (κ3) is 3.99. The number of hydrogen-bond acceptors (Lipinski definition) is 4. The Bertz CT molecular complexity index is 566. The lowest BCUT2D eigenvalue weighted by Gasteiger charge is -2.07. The summed E-state index contributed by atoms with van der Waals surface area (Å²) >= 11 is 1.63. The molecule has 1 aromatic heterocycles. The first-order valence-electron chi connectivity index (χ1n) is 5.92. The molecule has 3 N–H and O–H groups in total. The summed E-state index contributed by atoms with van der Waals surface area (Å²) in [7, 11) is 0. The molecule has 0 atom stereocenters. The molecule has 2 rings (SSSR count). The van der Waals surface area contributed by atoms with E-state index >= 15 is 0 Å². The van der Waals surface area contributed by atoms with E-state index in [0.29, 0.717) is 18.0 Å². The minimum atomic E-state index is -0.145. The summed E-state index contributed by atoms with van der Waals surface area (Å²) in [6.07, 6.45) is 0. The number of nitrogens with one attached hydrogen (secondary N) is 1. The van der Waals surface area contributed by atoms with Gasteiger partial charge in [-0.1, -0.05) is 6.07 Å². The molecule has 0 saturated carbocycles. The molecule has 0 unspecified atom stereocenters. The van der Waals surface area contributed by atoms with Gasteiger partial charge in [0.1, 0.15) is 5.75 Å². The number of nitrogens with two attached hydrogens (primary N) is 1. The maximum atomic E-state index is 11.6. The highest BCUT2D eigenvalue weighted by molar-refractivity contribution is 7.08. The van der Waals surface area contributed by atoms with Crippen molar-refractivity contribution in [2.75, 3.05) is 12.3 Å². The summed E-state index contributed by atoms with van der Waals surface area (Å²) in [6, 6.07) is 7.02. The molecule has 0 saturated heterocycles. The van der Waals surface area contributed by atoms with Crippen LogP contribution in [0.4, 0.5) is 5.69 Å². The number of ether oxygens (including phenoxy) is 1. The van der Waals surface area contributed by atoms with Crippen molar-refractivity contribution in [3.8, 4) is 5.75 Å². The van der Waals surface area contributed by atoms with Crippen molar-refractivity contribution in [2.45, 2.75) is 13.5 Å². The summed E-state index contributed by atoms with van der Waals surface area (Å²) in [5, 5.41) is 6.92. The highest BCUT2D eigenvalue weighted by Gasteiger charge is 2.05. The van der Waals surface area contributed by atoms with Crippen LogP contribution in [0.25, 0.3) is 0 Å². The van der Waals surface area contributed by atoms with Gasteiger partial charge in [0.15, 0.2) is 6.61 Å². The normalized spacial score (nSPS) is 10.2. The summed E-state index contributed by atoms with van der Waals surface area (Å²) in [5.41, 5.74) is 8.58. The van der Waals surface area contributed by atoms with E-state index in [1.165, 1.54) is 5.56 Å². The fourth-order valence-corrected chi connectivity index (χ4v) is 2.42. The zero-order valence-corrected chi connectivity index (χ0v) is 11.5. The number of carbonyl (C=O) groups excluding carboxylic acids is 1. The monoisotopic (exact) mass is 276 g/mol. The van der Waals surface area contributed by atoms with Crippen molar-refractivity contribution >= 4 is 22.9 Å². The highest BCUT2D eigenvalue weighted by atomic mass is 32.1. The lowest BCUT2D eigenvalue weighted by Crippen LogP contribution is -2.28. The molecule has 1 amide bonds. The van der Waals surface area contributed by atoms with Gasteiger partial charge in [0.2, 0.25) is 0 Å². The van der Waals surface area contributed by atoms with E-state index in [-0.39, 0.29) is 12.5 Å². The van der Waals surface area contributed by atoms with Gasteiger partial charge in [-0.3, -0.25) is 4.79 Å². The number of nitrogen functional groups attached to an aromatic ring is 1. The maximum Gasteiger partial charge on any atom is 0.258 e. The molecule has 1 aromatic carbocycles. The molecule has 100 valence electrons. The Balaban J connectivity index is 1.77. The van der Waals surface area contributed by atoms with Crippen LogP contribution in [0.5, 0.6) is 5.75 Å². The molecule has 2 aromatic rings. The van der Waals surface area contributed by atoms with Crippen LogP contribution in [-0.4, -0.2) is 12.5 Å². The number of anilines is 1. The Morgan fingerprint density at radius 3 is 2.95 bits per heavy atom. The number of hydrogen-bond donors (Lipinski definition) is 2. The van der Waals surface area contributed by atoms with Crippen LogP contribution in [0, 0.1) is 6.92 Å². The van der Waals surface area contributed by atoms with Gasteiger partial charge in [0.25, 0.3) is 5.91 Å². The van der Waals surface area contributed by atoms with Crippen molar-refractivity contribution in [1.29, 1.82) is 0 Å². The zero-order valence-electron chi connectivity index (χ0n) is 10.7. The van der Waals surface area contributed by atoms with Crippen LogP contribution in [-0.2, 0) is 11.3 Å². The summed E-state index contributed by atoms with van der Waals surface area (Å²) in [6.45, 7) is 2.56. The molecular formula is C14H16N2O2S. The van der Waals surface area contributed by atoms with Crippen LogP contribution in [0.3, 0.4) is 0 Å².